The fraction of sp³-hybridized carbons (Fsp3) is 0.0769. The maximum Gasteiger partial charge on any atom is 0.124 e. The summed E-state index contributed by atoms with van der Waals surface area (Å²) in [5.41, 5.74) is 1.28. The van der Waals surface area contributed by atoms with Gasteiger partial charge in [-0.2, -0.15) is 0 Å². The van der Waals surface area contributed by atoms with Crippen LogP contribution >= 0.6 is 46.4 Å². The summed E-state index contributed by atoms with van der Waals surface area (Å²) in [5.74, 6) is -0.408. The van der Waals surface area contributed by atoms with E-state index in [1.807, 2.05) is 0 Å². The van der Waals surface area contributed by atoms with Crippen LogP contribution in [-0.2, 0) is 0 Å². The lowest BCUT2D eigenvalue weighted by atomic mass is 10.0. The summed E-state index contributed by atoms with van der Waals surface area (Å²) < 4.78 is 13.0. The van der Waals surface area contributed by atoms with Crippen LogP contribution in [0.25, 0.3) is 0 Å². The average molecular weight is 324 g/mol. The second-order valence-corrected chi connectivity index (χ2v) is 5.38. The van der Waals surface area contributed by atoms with Crippen LogP contribution in [0.1, 0.15) is 16.5 Å². The molecule has 0 aliphatic heterocycles. The standard InChI is InChI=1S/C13H7Cl4F/c14-7-1-3-9(11(15)5-7)13(17)10-4-2-8(18)6-12(10)16/h1-6,13H. The van der Waals surface area contributed by atoms with Gasteiger partial charge in [-0.3, -0.25) is 0 Å². The van der Waals surface area contributed by atoms with E-state index in [1.54, 1.807) is 24.3 Å². The fourth-order valence-electron chi connectivity index (χ4n) is 1.58. The minimum Gasteiger partial charge on any atom is -0.207 e. The normalized spacial score (nSPS) is 12.5. The highest BCUT2D eigenvalue weighted by Crippen LogP contribution is 2.38. The smallest absolute Gasteiger partial charge is 0.124 e. The van der Waals surface area contributed by atoms with Crippen molar-refractivity contribution in [3.63, 3.8) is 0 Å². The topological polar surface area (TPSA) is 0 Å². The molecule has 2 aromatic carbocycles. The van der Waals surface area contributed by atoms with Crippen molar-refractivity contribution >= 4 is 46.4 Å². The molecule has 94 valence electrons. The number of hydrogen-bond acceptors (Lipinski definition) is 0. The van der Waals surface area contributed by atoms with Crippen LogP contribution < -0.4 is 0 Å². The maximum absolute atomic E-state index is 13.0. The van der Waals surface area contributed by atoms with Gasteiger partial charge in [0.1, 0.15) is 5.82 Å². The Kier molecular flexibility index (Phi) is 4.39. The molecule has 18 heavy (non-hydrogen) atoms. The monoisotopic (exact) mass is 322 g/mol. The third-order valence-electron chi connectivity index (χ3n) is 2.47. The molecule has 1 unspecified atom stereocenters. The largest absolute Gasteiger partial charge is 0.207 e. The first-order chi connectivity index (χ1) is 8.49. The van der Waals surface area contributed by atoms with Gasteiger partial charge in [0.15, 0.2) is 0 Å². The van der Waals surface area contributed by atoms with E-state index in [9.17, 15) is 4.39 Å². The zero-order valence-corrected chi connectivity index (χ0v) is 12.0. The van der Waals surface area contributed by atoms with Crippen LogP contribution in [0, 0.1) is 5.82 Å². The molecule has 0 fully saturated rings. The average Bonchev–Trinajstić information content (AvgIpc) is 2.28. The van der Waals surface area contributed by atoms with Crippen molar-refractivity contribution in [2.24, 2.45) is 0 Å². The molecule has 0 amide bonds. The first-order valence-electron chi connectivity index (χ1n) is 5.03. The molecule has 2 rings (SSSR count). The van der Waals surface area contributed by atoms with Gasteiger partial charge in [0, 0.05) is 15.1 Å². The quantitative estimate of drug-likeness (QED) is 0.584. The summed E-state index contributed by atoms with van der Waals surface area (Å²) in [5, 5.41) is 0.685. The van der Waals surface area contributed by atoms with Crippen molar-refractivity contribution in [2.75, 3.05) is 0 Å². The molecule has 0 N–H and O–H groups in total. The summed E-state index contributed by atoms with van der Waals surface area (Å²) in [7, 11) is 0. The van der Waals surface area contributed by atoms with Gasteiger partial charge >= 0.3 is 0 Å². The zero-order valence-electron chi connectivity index (χ0n) is 8.93. The van der Waals surface area contributed by atoms with Gasteiger partial charge in [-0.1, -0.05) is 46.9 Å². The molecule has 0 saturated heterocycles. The highest BCUT2D eigenvalue weighted by Gasteiger charge is 2.17. The number of benzene rings is 2. The molecule has 5 heteroatoms. The molecule has 0 spiro atoms. The molecule has 1 atom stereocenters. The Morgan fingerprint density at radius 1 is 0.833 bits per heavy atom. The third kappa shape index (κ3) is 2.92. The Hall–Kier alpha value is -0.470. The van der Waals surface area contributed by atoms with Gasteiger partial charge in [0.05, 0.1) is 5.38 Å². The second-order valence-electron chi connectivity index (χ2n) is 3.69. The van der Waals surface area contributed by atoms with Crippen molar-refractivity contribution in [2.45, 2.75) is 5.38 Å². The SMILES string of the molecule is Fc1ccc(C(Cl)c2ccc(Cl)cc2Cl)c(Cl)c1. The summed E-state index contributed by atoms with van der Waals surface area (Å²) in [4.78, 5) is 0. The molecule has 0 bridgehead atoms. The molecule has 0 radical (unpaired) electrons. The minimum absolute atomic E-state index is 0.265. The third-order valence-corrected chi connectivity index (χ3v) is 3.83. The van der Waals surface area contributed by atoms with Crippen molar-refractivity contribution in [1.82, 2.24) is 0 Å². The zero-order chi connectivity index (χ0) is 13.3. The van der Waals surface area contributed by atoms with E-state index in [2.05, 4.69) is 0 Å². The summed E-state index contributed by atoms with van der Waals surface area (Å²) >= 11 is 24.2. The van der Waals surface area contributed by atoms with Gasteiger partial charge in [-0.05, 0) is 35.4 Å². The first-order valence-corrected chi connectivity index (χ1v) is 6.60. The minimum atomic E-state index is -0.553. The van der Waals surface area contributed by atoms with E-state index in [0.717, 1.165) is 0 Å². The van der Waals surface area contributed by atoms with Crippen molar-refractivity contribution in [3.8, 4) is 0 Å². The Bertz CT molecular complexity index is 532. The van der Waals surface area contributed by atoms with Gasteiger partial charge in [0.25, 0.3) is 0 Å². The van der Waals surface area contributed by atoms with Gasteiger partial charge in [-0.25, -0.2) is 4.39 Å². The molecule has 0 saturated carbocycles. The fourth-order valence-corrected chi connectivity index (χ4v) is 2.87. The van der Waals surface area contributed by atoms with Crippen LogP contribution in [0.15, 0.2) is 36.4 Å². The Labute approximate surface area is 124 Å². The second kappa shape index (κ2) is 5.66. The molecular formula is C13H7Cl4F. The van der Waals surface area contributed by atoms with Crippen LogP contribution in [0.2, 0.25) is 15.1 Å². The highest BCUT2D eigenvalue weighted by atomic mass is 35.5. The molecule has 0 aliphatic rings. The molecule has 2 aromatic rings. The lowest BCUT2D eigenvalue weighted by Crippen LogP contribution is -1.96. The molecule has 0 heterocycles. The van der Waals surface area contributed by atoms with E-state index in [1.165, 1.54) is 12.1 Å². The molecule has 0 aromatic heterocycles. The molecule has 0 nitrogen and oxygen atoms in total. The van der Waals surface area contributed by atoms with Crippen LogP contribution in [0.4, 0.5) is 4.39 Å². The van der Waals surface area contributed by atoms with Crippen molar-refractivity contribution in [1.29, 1.82) is 0 Å². The molecule has 0 aliphatic carbocycles. The predicted molar refractivity (Wildman–Crippen MR) is 75.6 cm³/mol. The Morgan fingerprint density at radius 2 is 1.39 bits per heavy atom. The predicted octanol–water partition coefficient (Wildman–Crippen LogP) is 6.11. The van der Waals surface area contributed by atoms with Gasteiger partial charge in [-0.15, -0.1) is 11.6 Å². The van der Waals surface area contributed by atoms with Gasteiger partial charge in [0.2, 0.25) is 0 Å². The van der Waals surface area contributed by atoms with E-state index < -0.39 is 11.2 Å². The lowest BCUT2D eigenvalue weighted by Gasteiger charge is -2.14. The van der Waals surface area contributed by atoms with Crippen molar-refractivity contribution in [3.05, 3.63) is 68.4 Å². The van der Waals surface area contributed by atoms with Crippen molar-refractivity contribution < 1.29 is 4.39 Å². The Morgan fingerprint density at radius 3 is 1.94 bits per heavy atom. The van der Waals surface area contributed by atoms with Gasteiger partial charge < -0.3 is 0 Å². The first kappa shape index (κ1) is 14.0. The van der Waals surface area contributed by atoms with E-state index in [-0.39, 0.29) is 5.02 Å². The van der Waals surface area contributed by atoms with Crippen LogP contribution in [0.5, 0.6) is 0 Å². The van der Waals surface area contributed by atoms with Crippen LogP contribution in [0.3, 0.4) is 0 Å². The van der Waals surface area contributed by atoms with E-state index in [0.29, 0.717) is 21.2 Å². The maximum atomic E-state index is 13.0. The number of rotatable bonds is 2. The number of hydrogen-bond donors (Lipinski definition) is 0. The summed E-state index contributed by atoms with van der Waals surface area (Å²) in [6.45, 7) is 0. The highest BCUT2D eigenvalue weighted by molar-refractivity contribution is 6.36. The number of halogens is 5. The summed E-state index contributed by atoms with van der Waals surface area (Å²) in [6.07, 6.45) is 0. The van der Waals surface area contributed by atoms with Crippen LogP contribution in [-0.4, -0.2) is 0 Å². The summed E-state index contributed by atoms with van der Waals surface area (Å²) in [6, 6.07) is 9.08. The van der Waals surface area contributed by atoms with E-state index in [4.69, 9.17) is 46.4 Å². The number of alkyl halides is 1. The molecular weight excluding hydrogens is 317 g/mol. The Balaban J connectivity index is 2.44. The van der Waals surface area contributed by atoms with E-state index >= 15 is 0 Å². The lowest BCUT2D eigenvalue weighted by molar-refractivity contribution is 0.627.